The third-order valence-corrected chi connectivity index (χ3v) is 7.68. The number of nitrogens with zero attached hydrogens (tertiary/aromatic N) is 2. The van der Waals surface area contributed by atoms with Gasteiger partial charge >= 0.3 is 11.9 Å². The highest BCUT2D eigenvalue weighted by Crippen LogP contribution is 2.49. The van der Waals surface area contributed by atoms with E-state index in [1.807, 2.05) is 98.3 Å². The highest BCUT2D eigenvalue weighted by Gasteiger charge is 2.55. The zero-order chi connectivity index (χ0) is 28.6. The number of methoxy groups -OCH3 is 2. The second kappa shape index (κ2) is 10.6. The van der Waals surface area contributed by atoms with Crippen LogP contribution in [0.25, 0.3) is 22.0 Å². The summed E-state index contributed by atoms with van der Waals surface area (Å²) in [5.74, 6) is -3.49. The van der Waals surface area contributed by atoms with E-state index in [0.717, 1.165) is 33.2 Å². The summed E-state index contributed by atoms with van der Waals surface area (Å²) in [7, 11) is 4.27. The molecule has 40 heavy (non-hydrogen) atoms. The second-order valence-corrected chi connectivity index (χ2v) is 10.4. The van der Waals surface area contributed by atoms with Crippen molar-refractivity contribution in [3.05, 3.63) is 95.7 Å². The van der Waals surface area contributed by atoms with Gasteiger partial charge in [-0.2, -0.15) is 0 Å². The van der Waals surface area contributed by atoms with Crippen molar-refractivity contribution in [1.82, 2.24) is 9.63 Å². The van der Waals surface area contributed by atoms with E-state index in [1.54, 1.807) is 0 Å². The third kappa shape index (κ3) is 4.44. The topological polar surface area (TPSA) is 87.1 Å². The van der Waals surface area contributed by atoms with Crippen LogP contribution in [-0.4, -0.2) is 41.7 Å². The number of aryl methyl sites for hydroxylation is 1. The number of fused-ring (bicyclic) bond motifs is 3. The molecular formula is C32H32N2O6. The minimum absolute atomic E-state index is 0.0612. The molecule has 0 N–H and O–H groups in total. The highest BCUT2D eigenvalue weighted by molar-refractivity contribution is 6.02. The molecule has 8 heteroatoms. The summed E-state index contributed by atoms with van der Waals surface area (Å²) >= 11 is 0. The molecule has 5 rings (SSSR count). The van der Waals surface area contributed by atoms with Crippen molar-refractivity contribution >= 4 is 28.7 Å². The van der Waals surface area contributed by atoms with Gasteiger partial charge in [-0.3, -0.25) is 19.2 Å². The van der Waals surface area contributed by atoms with Gasteiger partial charge in [-0.15, -0.1) is 0 Å². The minimum Gasteiger partial charge on any atom is -0.468 e. The van der Waals surface area contributed by atoms with Gasteiger partial charge in [-0.1, -0.05) is 66.7 Å². The van der Waals surface area contributed by atoms with Gasteiger partial charge < -0.3 is 14.0 Å². The Hall–Kier alpha value is -4.43. The average Bonchev–Trinajstić information content (AvgIpc) is 3.28. The Kier molecular flexibility index (Phi) is 7.21. The van der Waals surface area contributed by atoms with Crippen molar-refractivity contribution in [2.45, 2.75) is 31.9 Å². The molecule has 1 aliphatic heterocycles. The smallest absolute Gasteiger partial charge is 0.322 e. The first-order valence-electron chi connectivity index (χ1n) is 13.0. The fraction of sp³-hybridized carbons (Fsp3) is 0.281. The average molecular weight is 541 g/mol. The Balaban J connectivity index is 1.75. The molecule has 1 atom stereocenters. The summed E-state index contributed by atoms with van der Waals surface area (Å²) in [5.41, 5.74) is 4.00. The third-order valence-electron chi connectivity index (χ3n) is 7.68. The van der Waals surface area contributed by atoms with Crippen LogP contribution in [-0.2, 0) is 47.8 Å². The molecule has 3 aromatic carbocycles. The lowest BCUT2D eigenvalue weighted by molar-refractivity contribution is -0.226. The molecule has 8 nitrogen and oxygen atoms in total. The van der Waals surface area contributed by atoms with Crippen LogP contribution >= 0.6 is 0 Å². The molecule has 0 aliphatic carbocycles. The van der Waals surface area contributed by atoms with Crippen LogP contribution in [0, 0.1) is 5.92 Å². The Labute approximate surface area is 233 Å². The lowest BCUT2D eigenvalue weighted by atomic mass is 9.75. The Bertz CT molecular complexity index is 1560. The van der Waals surface area contributed by atoms with E-state index in [4.69, 9.17) is 14.3 Å². The normalized spacial score (nSPS) is 16.2. The van der Waals surface area contributed by atoms with Gasteiger partial charge in [0.1, 0.15) is 12.6 Å². The van der Waals surface area contributed by atoms with Crippen LogP contribution in [0.1, 0.15) is 36.7 Å². The van der Waals surface area contributed by atoms with Crippen molar-refractivity contribution in [2.75, 3.05) is 14.2 Å². The molecule has 0 spiro atoms. The van der Waals surface area contributed by atoms with Gasteiger partial charge in [-0.25, -0.2) is 5.06 Å². The van der Waals surface area contributed by atoms with Gasteiger partial charge in [0.15, 0.2) is 5.92 Å². The first-order chi connectivity index (χ1) is 19.2. The van der Waals surface area contributed by atoms with E-state index in [9.17, 15) is 14.4 Å². The summed E-state index contributed by atoms with van der Waals surface area (Å²) in [6, 6.07) is 24.3. The molecular weight excluding hydrogens is 508 g/mol. The van der Waals surface area contributed by atoms with Crippen molar-refractivity contribution in [1.29, 1.82) is 0 Å². The highest BCUT2D eigenvalue weighted by atomic mass is 16.7. The van der Waals surface area contributed by atoms with E-state index < -0.39 is 29.3 Å². The number of rotatable bonds is 7. The van der Waals surface area contributed by atoms with Crippen LogP contribution in [0.2, 0.25) is 0 Å². The number of esters is 2. The maximum atomic E-state index is 14.3. The predicted octanol–water partition coefficient (Wildman–Crippen LogP) is 5.10. The van der Waals surface area contributed by atoms with E-state index in [1.165, 1.54) is 19.3 Å². The number of carbonyl (C=O) groups is 3. The molecule has 2 heterocycles. The maximum Gasteiger partial charge on any atom is 0.322 e. The summed E-state index contributed by atoms with van der Waals surface area (Å²) < 4.78 is 12.0. The second-order valence-electron chi connectivity index (χ2n) is 10.4. The molecule has 0 bridgehead atoms. The monoisotopic (exact) mass is 540 g/mol. The predicted molar refractivity (Wildman–Crippen MR) is 150 cm³/mol. The molecule has 0 saturated carbocycles. The Morgan fingerprint density at radius 3 is 2.08 bits per heavy atom. The number of hydrogen-bond acceptors (Lipinski definition) is 6. The number of hydrogen-bond donors (Lipinski definition) is 0. The van der Waals surface area contributed by atoms with Gasteiger partial charge in [-0.05, 0) is 48.2 Å². The molecule has 1 amide bonds. The van der Waals surface area contributed by atoms with Crippen molar-refractivity contribution in [3.8, 4) is 11.1 Å². The van der Waals surface area contributed by atoms with Gasteiger partial charge in [0.25, 0.3) is 5.91 Å². The van der Waals surface area contributed by atoms with Crippen LogP contribution in [0.3, 0.4) is 0 Å². The number of benzene rings is 3. The zero-order valence-electron chi connectivity index (χ0n) is 23.2. The van der Waals surface area contributed by atoms with Crippen molar-refractivity contribution in [2.24, 2.45) is 13.0 Å². The van der Waals surface area contributed by atoms with Crippen LogP contribution in [0.4, 0.5) is 0 Å². The Morgan fingerprint density at radius 2 is 1.48 bits per heavy atom. The summed E-state index contributed by atoms with van der Waals surface area (Å²) in [6.07, 6.45) is 0. The van der Waals surface area contributed by atoms with E-state index in [2.05, 4.69) is 6.07 Å². The number of amides is 1. The van der Waals surface area contributed by atoms with Crippen LogP contribution < -0.4 is 0 Å². The number of aromatic nitrogens is 1. The van der Waals surface area contributed by atoms with Crippen molar-refractivity contribution < 1.29 is 28.7 Å². The number of ether oxygens (including phenoxy) is 2. The molecule has 206 valence electrons. The van der Waals surface area contributed by atoms with Gasteiger partial charge in [0.2, 0.25) is 0 Å². The molecule has 1 unspecified atom stereocenters. The maximum absolute atomic E-state index is 14.3. The zero-order valence-corrected chi connectivity index (χ0v) is 23.2. The van der Waals surface area contributed by atoms with E-state index in [-0.39, 0.29) is 12.5 Å². The quantitative estimate of drug-likeness (QED) is 0.240. The summed E-state index contributed by atoms with van der Waals surface area (Å²) in [6.45, 7) is 3.73. The SMILES string of the molecule is COC(=O)C(C(=O)OC)C1c2c(c3cc(-c4ccccc4)ccc3n2C)C(C)(C)C(=O)N1OCc1ccccc1. The summed E-state index contributed by atoms with van der Waals surface area (Å²) in [5, 5.41) is 2.03. The standard InChI is InChI=1S/C32H32N2O6/c1-32(2)26-23-18-22(21-14-10-7-11-15-21)16-17-24(23)33(3)28(26)27(25(29(35)38-4)30(36)39-5)34(31(32)37)40-19-20-12-8-6-9-13-20/h6-18,25,27H,19H2,1-5H3. The van der Waals surface area contributed by atoms with Crippen LogP contribution in [0.5, 0.6) is 0 Å². The molecule has 1 aromatic heterocycles. The molecule has 0 saturated heterocycles. The molecule has 4 aromatic rings. The largest absolute Gasteiger partial charge is 0.468 e. The fourth-order valence-electron chi connectivity index (χ4n) is 5.66. The first-order valence-corrected chi connectivity index (χ1v) is 13.0. The minimum atomic E-state index is -1.47. The Morgan fingerprint density at radius 1 is 0.875 bits per heavy atom. The molecule has 0 fully saturated rings. The lowest BCUT2D eigenvalue weighted by Crippen LogP contribution is -2.54. The van der Waals surface area contributed by atoms with Gasteiger partial charge in [0, 0.05) is 23.6 Å². The van der Waals surface area contributed by atoms with Crippen LogP contribution in [0.15, 0.2) is 78.9 Å². The van der Waals surface area contributed by atoms with Gasteiger partial charge in [0.05, 0.1) is 19.6 Å². The number of carbonyl (C=O) groups excluding carboxylic acids is 3. The summed E-state index contributed by atoms with van der Waals surface area (Å²) in [4.78, 5) is 46.7. The molecule has 0 radical (unpaired) electrons. The lowest BCUT2D eigenvalue weighted by Gasteiger charge is -2.43. The van der Waals surface area contributed by atoms with E-state index >= 15 is 0 Å². The first kappa shape index (κ1) is 27.1. The van der Waals surface area contributed by atoms with E-state index in [0.29, 0.717) is 5.69 Å². The van der Waals surface area contributed by atoms with Crippen molar-refractivity contribution in [3.63, 3.8) is 0 Å². The number of hydroxylamine groups is 2. The fourth-order valence-corrected chi connectivity index (χ4v) is 5.66. The molecule has 1 aliphatic rings.